The summed E-state index contributed by atoms with van der Waals surface area (Å²) in [5.74, 6) is 3.44. The summed E-state index contributed by atoms with van der Waals surface area (Å²) in [4.78, 5) is 0. The van der Waals surface area contributed by atoms with Crippen LogP contribution in [0.25, 0.3) is 54.9 Å². The van der Waals surface area contributed by atoms with E-state index in [9.17, 15) is 0 Å². The van der Waals surface area contributed by atoms with Gasteiger partial charge < -0.3 is 0 Å². The number of benzene rings is 6. The van der Waals surface area contributed by atoms with Gasteiger partial charge in [-0.05, 0) is 139 Å². The number of rotatable bonds is 2. The summed E-state index contributed by atoms with van der Waals surface area (Å²) in [6, 6.07) is 44.8. The maximum Gasteiger partial charge on any atom is 0.0272 e. The average molecular weight is 595 g/mol. The number of hydrogen-bond acceptors (Lipinski definition) is 0. The lowest BCUT2D eigenvalue weighted by atomic mass is 9.43. The first kappa shape index (κ1) is 27.0. The van der Waals surface area contributed by atoms with Gasteiger partial charge in [0.2, 0.25) is 0 Å². The van der Waals surface area contributed by atoms with Gasteiger partial charge in [0, 0.05) is 5.41 Å². The quantitative estimate of drug-likeness (QED) is 0.175. The van der Waals surface area contributed by atoms with Crippen LogP contribution in [0.15, 0.2) is 115 Å². The predicted octanol–water partition coefficient (Wildman–Crippen LogP) is 12.3. The Balaban J connectivity index is 1.23. The SMILES string of the molecule is CC(C)(C)c1ccc(-c2c3ccccc3c(-c3ccc4c(c3)C3(c5ccccc5-4)C4CC5CC(C4)CC3C5)c3ccccc23)cc1. The van der Waals surface area contributed by atoms with Gasteiger partial charge in [0.05, 0.1) is 0 Å². The van der Waals surface area contributed by atoms with Gasteiger partial charge in [-0.25, -0.2) is 0 Å². The Bertz CT molecular complexity index is 2100. The molecule has 0 heteroatoms. The molecule has 0 unspecified atom stereocenters. The molecule has 6 aromatic rings. The van der Waals surface area contributed by atoms with E-state index >= 15 is 0 Å². The molecule has 0 heterocycles. The minimum atomic E-state index is 0.133. The molecular formula is C46H42. The zero-order valence-corrected chi connectivity index (χ0v) is 27.3. The summed E-state index contributed by atoms with van der Waals surface area (Å²) in [5, 5.41) is 5.39. The molecule has 0 atom stereocenters. The fourth-order valence-corrected chi connectivity index (χ4v) is 11.2. The van der Waals surface area contributed by atoms with Crippen LogP contribution in [-0.4, -0.2) is 0 Å². The van der Waals surface area contributed by atoms with E-state index in [1.165, 1.54) is 92.6 Å². The second-order valence-corrected chi connectivity index (χ2v) is 16.1. The van der Waals surface area contributed by atoms with Crippen molar-refractivity contribution in [2.75, 3.05) is 0 Å². The highest BCUT2D eigenvalue weighted by atomic mass is 14.6. The molecule has 0 saturated heterocycles. The lowest BCUT2D eigenvalue weighted by Crippen LogP contribution is -2.55. The van der Waals surface area contributed by atoms with Crippen LogP contribution in [0.2, 0.25) is 0 Å². The van der Waals surface area contributed by atoms with Crippen LogP contribution in [0.3, 0.4) is 0 Å². The van der Waals surface area contributed by atoms with E-state index in [2.05, 4.69) is 136 Å². The highest BCUT2D eigenvalue weighted by Crippen LogP contribution is 2.69. The molecule has 11 rings (SSSR count). The van der Waals surface area contributed by atoms with Gasteiger partial charge in [0.15, 0.2) is 0 Å². The van der Waals surface area contributed by atoms with Crippen molar-refractivity contribution in [3.8, 4) is 33.4 Å². The van der Waals surface area contributed by atoms with Crippen molar-refractivity contribution >= 4 is 21.5 Å². The van der Waals surface area contributed by atoms with E-state index in [-0.39, 0.29) is 10.8 Å². The summed E-state index contributed by atoms with van der Waals surface area (Å²) < 4.78 is 0. The smallest absolute Gasteiger partial charge is 0.0272 e. The third-order valence-corrected chi connectivity index (χ3v) is 12.8. The molecule has 46 heavy (non-hydrogen) atoms. The summed E-state index contributed by atoms with van der Waals surface area (Å²) in [5.41, 5.74) is 13.4. The second-order valence-electron chi connectivity index (χ2n) is 16.1. The van der Waals surface area contributed by atoms with Gasteiger partial charge >= 0.3 is 0 Å². The van der Waals surface area contributed by atoms with Gasteiger partial charge in [0.25, 0.3) is 0 Å². The highest BCUT2D eigenvalue weighted by molar-refractivity contribution is 6.21. The molecule has 0 amide bonds. The van der Waals surface area contributed by atoms with E-state index in [1.807, 2.05) is 0 Å². The van der Waals surface area contributed by atoms with Crippen molar-refractivity contribution in [3.63, 3.8) is 0 Å². The molecule has 0 nitrogen and oxygen atoms in total. The van der Waals surface area contributed by atoms with Crippen LogP contribution in [0, 0.1) is 23.7 Å². The van der Waals surface area contributed by atoms with Gasteiger partial charge in [0.1, 0.15) is 0 Å². The molecule has 5 aliphatic carbocycles. The largest absolute Gasteiger partial charge is 0.0619 e. The molecule has 4 bridgehead atoms. The van der Waals surface area contributed by atoms with Crippen LogP contribution in [0.5, 0.6) is 0 Å². The third-order valence-electron chi connectivity index (χ3n) is 12.8. The minimum Gasteiger partial charge on any atom is -0.0619 e. The van der Waals surface area contributed by atoms with E-state index < -0.39 is 0 Å². The third kappa shape index (κ3) is 3.57. The van der Waals surface area contributed by atoms with Crippen LogP contribution < -0.4 is 0 Å². The molecule has 0 aliphatic heterocycles. The molecule has 1 spiro atoms. The van der Waals surface area contributed by atoms with Crippen molar-refractivity contribution in [3.05, 3.63) is 132 Å². The molecule has 4 fully saturated rings. The van der Waals surface area contributed by atoms with Gasteiger partial charge in [-0.2, -0.15) is 0 Å². The summed E-state index contributed by atoms with van der Waals surface area (Å²) in [7, 11) is 0. The summed E-state index contributed by atoms with van der Waals surface area (Å²) in [6.07, 6.45) is 7.15. The topological polar surface area (TPSA) is 0 Å². The van der Waals surface area contributed by atoms with Crippen molar-refractivity contribution in [1.29, 1.82) is 0 Å². The highest BCUT2D eigenvalue weighted by Gasteiger charge is 2.61. The van der Waals surface area contributed by atoms with Gasteiger partial charge in [-0.1, -0.05) is 130 Å². The maximum absolute atomic E-state index is 2.67. The lowest BCUT2D eigenvalue weighted by molar-refractivity contribution is -0.0399. The molecule has 0 radical (unpaired) electrons. The molecule has 0 N–H and O–H groups in total. The van der Waals surface area contributed by atoms with Crippen molar-refractivity contribution in [2.45, 2.75) is 63.7 Å². The normalized spacial score (nSPS) is 25.8. The Morgan fingerprint density at radius 1 is 0.478 bits per heavy atom. The first-order chi connectivity index (χ1) is 22.4. The fraction of sp³-hybridized carbons (Fsp3) is 0.304. The fourth-order valence-electron chi connectivity index (χ4n) is 11.2. The van der Waals surface area contributed by atoms with E-state index in [4.69, 9.17) is 0 Å². The van der Waals surface area contributed by atoms with E-state index in [0.717, 1.165) is 23.7 Å². The second kappa shape index (κ2) is 9.45. The minimum absolute atomic E-state index is 0.133. The van der Waals surface area contributed by atoms with E-state index in [1.54, 1.807) is 11.1 Å². The molecule has 0 aromatic heterocycles. The molecule has 4 saturated carbocycles. The summed E-state index contributed by atoms with van der Waals surface area (Å²) >= 11 is 0. The monoisotopic (exact) mass is 594 g/mol. The number of fused-ring (bicyclic) bond motifs is 5. The van der Waals surface area contributed by atoms with Crippen LogP contribution >= 0.6 is 0 Å². The van der Waals surface area contributed by atoms with Gasteiger partial charge in [-0.15, -0.1) is 0 Å². The van der Waals surface area contributed by atoms with Crippen LogP contribution in [0.1, 0.15) is 69.6 Å². The first-order valence-corrected chi connectivity index (χ1v) is 17.7. The Morgan fingerprint density at radius 3 is 1.52 bits per heavy atom. The van der Waals surface area contributed by atoms with Gasteiger partial charge in [-0.3, -0.25) is 0 Å². The average Bonchev–Trinajstić information content (AvgIpc) is 3.35. The molecular weight excluding hydrogens is 553 g/mol. The summed E-state index contributed by atoms with van der Waals surface area (Å²) in [6.45, 7) is 6.89. The Kier molecular flexibility index (Phi) is 5.54. The Labute approximate surface area is 273 Å². The first-order valence-electron chi connectivity index (χ1n) is 17.7. The zero-order valence-electron chi connectivity index (χ0n) is 27.3. The van der Waals surface area contributed by atoms with Crippen LogP contribution in [-0.2, 0) is 10.8 Å². The Morgan fingerprint density at radius 2 is 0.957 bits per heavy atom. The lowest BCUT2D eigenvalue weighted by Gasteiger charge is -2.61. The maximum atomic E-state index is 2.67. The van der Waals surface area contributed by atoms with Crippen molar-refractivity contribution in [1.82, 2.24) is 0 Å². The standard InChI is InChI=1S/C46H42/c1-45(2,3)32-19-16-30(17-20-32)43-37-11-4-6-13-39(37)44(40-14-7-5-12-38(40)43)31-18-21-36-35-10-8-9-15-41(35)46(42(36)27-31)33-23-28-22-29(25-33)26-34(46)24-28/h4-21,27-29,33-34H,22-26H2,1-3H3. The van der Waals surface area contributed by atoms with Crippen LogP contribution in [0.4, 0.5) is 0 Å². The molecule has 226 valence electrons. The predicted molar refractivity (Wildman–Crippen MR) is 194 cm³/mol. The van der Waals surface area contributed by atoms with E-state index in [0.29, 0.717) is 0 Å². The number of hydrogen-bond donors (Lipinski definition) is 0. The van der Waals surface area contributed by atoms with Crippen molar-refractivity contribution in [2.24, 2.45) is 23.7 Å². The Hall–Kier alpha value is -4.16. The molecule has 5 aliphatic rings. The van der Waals surface area contributed by atoms with Crippen molar-refractivity contribution < 1.29 is 0 Å². The zero-order chi connectivity index (χ0) is 30.8. The molecule has 6 aromatic carbocycles.